The molecule has 0 aliphatic carbocycles. The summed E-state index contributed by atoms with van der Waals surface area (Å²) in [6.07, 6.45) is 1.56. The molecule has 0 atom stereocenters. The third-order valence-electron chi connectivity index (χ3n) is 3.49. The van der Waals surface area contributed by atoms with Crippen LogP contribution in [0.4, 0.5) is 5.69 Å². The Morgan fingerprint density at radius 3 is 2.50 bits per heavy atom. The van der Waals surface area contributed by atoms with Crippen molar-refractivity contribution in [2.24, 2.45) is 0 Å². The Bertz CT molecular complexity index is 628. The first-order chi connectivity index (χ1) is 9.88. The summed E-state index contributed by atoms with van der Waals surface area (Å²) >= 11 is 0. The highest BCUT2D eigenvalue weighted by atomic mass is 35.5. The van der Waals surface area contributed by atoms with Crippen molar-refractivity contribution in [1.29, 1.82) is 0 Å². The maximum absolute atomic E-state index is 12.4. The van der Waals surface area contributed by atoms with Crippen molar-refractivity contribution in [1.82, 2.24) is 10.0 Å². The van der Waals surface area contributed by atoms with Crippen LogP contribution in [0.2, 0.25) is 0 Å². The molecule has 1 aromatic rings. The van der Waals surface area contributed by atoms with Crippen molar-refractivity contribution in [3.05, 3.63) is 23.8 Å². The van der Waals surface area contributed by atoms with Gasteiger partial charge >= 0.3 is 0 Å². The van der Waals surface area contributed by atoms with Gasteiger partial charge in [-0.15, -0.1) is 12.4 Å². The number of amides is 1. The minimum Gasteiger partial charge on any atom is -0.326 e. The van der Waals surface area contributed by atoms with Crippen LogP contribution in [0.5, 0.6) is 0 Å². The van der Waals surface area contributed by atoms with Gasteiger partial charge in [0, 0.05) is 18.7 Å². The molecular formula is C14H22ClN3O3S. The molecule has 8 heteroatoms. The molecule has 1 aliphatic heterocycles. The van der Waals surface area contributed by atoms with Crippen LogP contribution in [0, 0.1) is 6.92 Å². The number of carbonyl (C=O) groups excluding carboxylic acids is 1. The van der Waals surface area contributed by atoms with Gasteiger partial charge in [0.1, 0.15) is 0 Å². The van der Waals surface area contributed by atoms with E-state index in [1.807, 2.05) is 6.92 Å². The fourth-order valence-electron chi connectivity index (χ4n) is 2.32. The van der Waals surface area contributed by atoms with E-state index in [0.717, 1.165) is 31.5 Å². The van der Waals surface area contributed by atoms with E-state index < -0.39 is 10.0 Å². The molecule has 2 rings (SSSR count). The zero-order valence-corrected chi connectivity index (χ0v) is 14.3. The molecule has 1 aromatic carbocycles. The monoisotopic (exact) mass is 347 g/mol. The van der Waals surface area contributed by atoms with Gasteiger partial charge in [0.15, 0.2) is 0 Å². The summed E-state index contributed by atoms with van der Waals surface area (Å²) in [5.74, 6) is -0.223. The first kappa shape index (κ1) is 18.9. The second-order valence-electron chi connectivity index (χ2n) is 5.30. The predicted molar refractivity (Wildman–Crippen MR) is 88.9 cm³/mol. The van der Waals surface area contributed by atoms with E-state index in [1.54, 1.807) is 12.1 Å². The van der Waals surface area contributed by atoms with Crippen molar-refractivity contribution in [3.63, 3.8) is 0 Å². The normalized spacial score (nSPS) is 15.9. The molecule has 3 N–H and O–H groups in total. The van der Waals surface area contributed by atoms with Crippen molar-refractivity contribution in [3.8, 4) is 0 Å². The minimum atomic E-state index is -3.56. The highest BCUT2D eigenvalue weighted by Crippen LogP contribution is 2.21. The van der Waals surface area contributed by atoms with E-state index in [-0.39, 0.29) is 29.3 Å². The summed E-state index contributed by atoms with van der Waals surface area (Å²) in [6, 6.07) is 4.72. The number of halogens is 1. The molecule has 0 saturated carbocycles. The maximum Gasteiger partial charge on any atom is 0.240 e. The lowest BCUT2D eigenvalue weighted by molar-refractivity contribution is -0.114. The average molecular weight is 348 g/mol. The largest absolute Gasteiger partial charge is 0.326 e. The van der Waals surface area contributed by atoms with Crippen LogP contribution in [-0.2, 0) is 14.8 Å². The Balaban J connectivity index is 0.00000242. The van der Waals surface area contributed by atoms with Crippen molar-refractivity contribution in [2.75, 3.05) is 18.4 Å². The number of hydrogen-bond donors (Lipinski definition) is 3. The maximum atomic E-state index is 12.4. The Hall–Kier alpha value is -1.15. The zero-order chi connectivity index (χ0) is 15.5. The first-order valence-corrected chi connectivity index (χ1v) is 8.48. The van der Waals surface area contributed by atoms with Crippen molar-refractivity contribution < 1.29 is 13.2 Å². The van der Waals surface area contributed by atoms with Gasteiger partial charge in [0.05, 0.1) is 4.90 Å². The van der Waals surface area contributed by atoms with Crippen LogP contribution in [0.25, 0.3) is 0 Å². The second-order valence-corrected chi connectivity index (χ2v) is 7.02. The zero-order valence-electron chi connectivity index (χ0n) is 12.7. The number of sulfonamides is 1. The molecule has 1 saturated heterocycles. The molecule has 6 nitrogen and oxygen atoms in total. The lowest BCUT2D eigenvalue weighted by Gasteiger charge is -2.23. The number of hydrogen-bond acceptors (Lipinski definition) is 4. The minimum absolute atomic E-state index is 0. The summed E-state index contributed by atoms with van der Waals surface area (Å²) in [5.41, 5.74) is 1.35. The van der Waals surface area contributed by atoms with E-state index in [0.29, 0.717) is 5.69 Å². The third-order valence-corrected chi connectivity index (χ3v) is 5.01. The van der Waals surface area contributed by atoms with Crippen LogP contribution in [0.15, 0.2) is 23.1 Å². The number of aryl methyl sites for hydroxylation is 1. The van der Waals surface area contributed by atoms with Crippen LogP contribution in [0.1, 0.15) is 25.3 Å². The fraction of sp³-hybridized carbons (Fsp3) is 0.500. The molecule has 22 heavy (non-hydrogen) atoms. The van der Waals surface area contributed by atoms with Crippen molar-refractivity contribution in [2.45, 2.75) is 37.6 Å². The average Bonchev–Trinajstić information content (AvgIpc) is 2.41. The highest BCUT2D eigenvalue weighted by molar-refractivity contribution is 7.89. The number of anilines is 1. The Kier molecular flexibility index (Phi) is 6.80. The van der Waals surface area contributed by atoms with Crippen LogP contribution >= 0.6 is 12.4 Å². The number of rotatable bonds is 4. The van der Waals surface area contributed by atoms with E-state index in [9.17, 15) is 13.2 Å². The SMILES string of the molecule is CC(=O)Nc1cc(S(=O)(=O)NC2CCNCC2)ccc1C.Cl. The summed E-state index contributed by atoms with van der Waals surface area (Å²) < 4.78 is 27.5. The van der Waals surface area contributed by atoms with Gasteiger partial charge in [-0.05, 0) is 50.6 Å². The highest BCUT2D eigenvalue weighted by Gasteiger charge is 2.22. The number of carbonyl (C=O) groups is 1. The molecule has 124 valence electrons. The smallest absolute Gasteiger partial charge is 0.240 e. The molecule has 0 aromatic heterocycles. The van der Waals surface area contributed by atoms with Crippen LogP contribution in [-0.4, -0.2) is 33.5 Å². The van der Waals surface area contributed by atoms with Crippen LogP contribution < -0.4 is 15.4 Å². The second kappa shape index (κ2) is 7.92. The third kappa shape index (κ3) is 4.95. The fourth-order valence-corrected chi connectivity index (χ4v) is 3.65. The first-order valence-electron chi connectivity index (χ1n) is 7.00. The Morgan fingerprint density at radius 2 is 1.91 bits per heavy atom. The molecule has 1 amide bonds. The molecule has 0 unspecified atom stereocenters. The van der Waals surface area contributed by atoms with Crippen molar-refractivity contribution >= 4 is 34.0 Å². The standard InChI is InChI=1S/C14H21N3O3S.ClH/c1-10-3-4-13(9-14(10)16-11(2)18)21(19,20)17-12-5-7-15-8-6-12;/h3-4,9,12,15,17H,5-8H2,1-2H3,(H,16,18);1H. The van der Waals surface area contributed by atoms with E-state index in [4.69, 9.17) is 0 Å². The molecule has 1 fully saturated rings. The molecule has 1 heterocycles. The molecule has 1 aliphatic rings. The molecule has 0 bridgehead atoms. The van der Waals surface area contributed by atoms with Gasteiger partial charge in [-0.2, -0.15) is 0 Å². The van der Waals surface area contributed by atoms with Gasteiger partial charge in [0.25, 0.3) is 0 Å². The molecular weight excluding hydrogens is 326 g/mol. The van der Waals surface area contributed by atoms with Gasteiger partial charge < -0.3 is 10.6 Å². The van der Waals surface area contributed by atoms with Gasteiger partial charge in [0.2, 0.25) is 15.9 Å². The molecule has 0 spiro atoms. The topological polar surface area (TPSA) is 87.3 Å². The summed E-state index contributed by atoms with van der Waals surface area (Å²) in [7, 11) is -3.56. The number of piperidine rings is 1. The van der Waals surface area contributed by atoms with E-state index in [1.165, 1.54) is 13.0 Å². The van der Waals surface area contributed by atoms with Crippen LogP contribution in [0.3, 0.4) is 0 Å². The lowest BCUT2D eigenvalue weighted by Crippen LogP contribution is -2.42. The van der Waals surface area contributed by atoms with E-state index in [2.05, 4.69) is 15.4 Å². The van der Waals surface area contributed by atoms with Gasteiger partial charge in [-0.1, -0.05) is 6.07 Å². The Labute approximate surface area is 137 Å². The Morgan fingerprint density at radius 1 is 1.27 bits per heavy atom. The lowest BCUT2D eigenvalue weighted by atomic mass is 10.1. The number of benzene rings is 1. The summed E-state index contributed by atoms with van der Waals surface area (Å²) in [6.45, 7) is 4.85. The van der Waals surface area contributed by atoms with E-state index >= 15 is 0 Å². The number of nitrogens with one attached hydrogen (secondary N) is 3. The molecule has 0 radical (unpaired) electrons. The van der Waals surface area contributed by atoms with Gasteiger partial charge in [-0.25, -0.2) is 13.1 Å². The van der Waals surface area contributed by atoms with Gasteiger partial charge in [-0.3, -0.25) is 4.79 Å². The quantitative estimate of drug-likeness (QED) is 0.768. The predicted octanol–water partition coefficient (Wildman–Crippen LogP) is 1.41. The summed E-state index contributed by atoms with van der Waals surface area (Å²) in [5, 5.41) is 5.84. The summed E-state index contributed by atoms with van der Waals surface area (Å²) in [4.78, 5) is 11.3.